The number of rotatable bonds is 2. The molecule has 6 nitrogen and oxygen atoms in total. The van der Waals surface area contributed by atoms with Gasteiger partial charge in [0.1, 0.15) is 5.15 Å². The van der Waals surface area contributed by atoms with Gasteiger partial charge in [-0.25, -0.2) is 9.97 Å². The number of nitro benzene ring substituents is 1. The Bertz CT molecular complexity index is 734. The highest BCUT2D eigenvalue weighted by atomic mass is 35.5. The van der Waals surface area contributed by atoms with E-state index >= 15 is 0 Å². The van der Waals surface area contributed by atoms with E-state index in [1.165, 1.54) is 12.1 Å². The van der Waals surface area contributed by atoms with Crippen molar-refractivity contribution in [3.63, 3.8) is 0 Å². The van der Waals surface area contributed by atoms with Gasteiger partial charge < -0.3 is 4.74 Å². The van der Waals surface area contributed by atoms with E-state index in [9.17, 15) is 10.1 Å². The van der Waals surface area contributed by atoms with E-state index in [0.717, 1.165) is 16.8 Å². The number of halogens is 1. The van der Waals surface area contributed by atoms with Crippen LogP contribution in [0.5, 0.6) is 0 Å². The summed E-state index contributed by atoms with van der Waals surface area (Å²) in [6.07, 6.45) is 0.665. The first-order valence-corrected chi connectivity index (χ1v) is 6.82. The Kier molecular flexibility index (Phi) is 3.57. The molecule has 0 aliphatic carbocycles. The minimum atomic E-state index is -0.434. The molecule has 7 heteroatoms. The molecule has 0 amide bonds. The molecule has 0 unspecified atom stereocenters. The van der Waals surface area contributed by atoms with Gasteiger partial charge in [0.05, 0.1) is 23.8 Å². The monoisotopic (exact) mass is 305 g/mol. The molecule has 21 heavy (non-hydrogen) atoms. The van der Waals surface area contributed by atoms with Crippen molar-refractivity contribution in [2.24, 2.45) is 0 Å². The summed E-state index contributed by atoms with van der Waals surface area (Å²) in [6.45, 7) is 2.86. The van der Waals surface area contributed by atoms with Crippen LogP contribution in [0.1, 0.15) is 16.8 Å². The molecule has 0 saturated heterocycles. The highest BCUT2D eigenvalue weighted by Gasteiger charge is 2.19. The van der Waals surface area contributed by atoms with Gasteiger partial charge in [-0.3, -0.25) is 10.1 Å². The van der Waals surface area contributed by atoms with Crippen LogP contribution < -0.4 is 0 Å². The van der Waals surface area contributed by atoms with Crippen molar-refractivity contribution in [2.45, 2.75) is 20.0 Å². The van der Waals surface area contributed by atoms with Crippen molar-refractivity contribution in [1.29, 1.82) is 0 Å². The lowest BCUT2D eigenvalue weighted by Crippen LogP contribution is -2.14. The maximum absolute atomic E-state index is 10.9. The van der Waals surface area contributed by atoms with Crippen molar-refractivity contribution in [3.05, 3.63) is 50.3 Å². The quantitative estimate of drug-likeness (QED) is 0.484. The van der Waals surface area contributed by atoms with Crippen molar-refractivity contribution >= 4 is 17.3 Å². The third kappa shape index (κ3) is 2.59. The molecule has 1 aromatic carbocycles. The van der Waals surface area contributed by atoms with Crippen molar-refractivity contribution in [2.75, 3.05) is 6.61 Å². The Hall–Kier alpha value is -2.05. The maximum atomic E-state index is 10.9. The predicted octanol–water partition coefficient (Wildman–Crippen LogP) is 3.09. The SMILES string of the molecule is Cc1ccc([N+](=O)[O-])cc1-c1nc(Cl)c2c(n1)CCOC2. The number of aromatic nitrogens is 2. The fourth-order valence-corrected chi connectivity index (χ4v) is 2.52. The molecule has 3 rings (SSSR count). The Morgan fingerprint density at radius 2 is 2.19 bits per heavy atom. The standard InChI is InChI=1S/C14H12ClN3O3/c1-8-2-3-9(18(19)20)6-10(8)14-16-12-4-5-21-7-11(12)13(15)17-14/h2-3,6H,4-5,7H2,1H3. The second-order valence-electron chi connectivity index (χ2n) is 4.82. The summed E-state index contributed by atoms with van der Waals surface area (Å²) in [5.74, 6) is 0.418. The lowest BCUT2D eigenvalue weighted by atomic mass is 10.1. The first-order valence-electron chi connectivity index (χ1n) is 6.44. The largest absolute Gasteiger partial charge is 0.376 e. The highest BCUT2D eigenvalue weighted by molar-refractivity contribution is 6.30. The summed E-state index contributed by atoms with van der Waals surface area (Å²) in [4.78, 5) is 19.3. The van der Waals surface area contributed by atoms with Gasteiger partial charge in [-0.2, -0.15) is 0 Å². The number of hydrogen-bond acceptors (Lipinski definition) is 5. The van der Waals surface area contributed by atoms with E-state index in [4.69, 9.17) is 16.3 Å². The lowest BCUT2D eigenvalue weighted by Gasteiger charge is -2.17. The summed E-state index contributed by atoms with van der Waals surface area (Å²) in [5, 5.41) is 11.3. The van der Waals surface area contributed by atoms with Gasteiger partial charge in [0, 0.05) is 29.7 Å². The first-order chi connectivity index (χ1) is 10.1. The van der Waals surface area contributed by atoms with Crippen molar-refractivity contribution in [1.82, 2.24) is 9.97 Å². The van der Waals surface area contributed by atoms with E-state index in [1.54, 1.807) is 6.07 Å². The summed E-state index contributed by atoms with van der Waals surface area (Å²) < 4.78 is 5.34. The first kappa shape index (κ1) is 13.9. The van der Waals surface area contributed by atoms with E-state index < -0.39 is 4.92 Å². The topological polar surface area (TPSA) is 78.2 Å². The van der Waals surface area contributed by atoms with Crippen LogP contribution >= 0.6 is 11.6 Å². The molecular weight excluding hydrogens is 294 g/mol. The van der Waals surface area contributed by atoms with Crippen molar-refractivity contribution < 1.29 is 9.66 Å². The molecular formula is C14H12ClN3O3. The second-order valence-corrected chi connectivity index (χ2v) is 5.18. The van der Waals surface area contributed by atoms with E-state index in [-0.39, 0.29) is 5.69 Å². The van der Waals surface area contributed by atoms with Gasteiger partial charge >= 0.3 is 0 Å². The number of aryl methyl sites for hydroxylation is 1. The van der Waals surface area contributed by atoms with Gasteiger partial charge in [0.15, 0.2) is 5.82 Å². The second kappa shape index (κ2) is 5.38. The van der Waals surface area contributed by atoms with Gasteiger partial charge in [-0.05, 0) is 12.5 Å². The number of fused-ring (bicyclic) bond motifs is 1. The zero-order valence-corrected chi connectivity index (χ0v) is 12.1. The fraction of sp³-hybridized carbons (Fsp3) is 0.286. The van der Waals surface area contributed by atoms with Crippen LogP contribution in [-0.4, -0.2) is 21.5 Å². The van der Waals surface area contributed by atoms with Gasteiger partial charge in [0.2, 0.25) is 0 Å². The number of nitrogens with zero attached hydrogens (tertiary/aromatic N) is 3. The summed E-state index contributed by atoms with van der Waals surface area (Å²) in [6, 6.07) is 4.63. The molecule has 0 atom stereocenters. The summed E-state index contributed by atoms with van der Waals surface area (Å²) in [7, 11) is 0. The van der Waals surface area contributed by atoms with E-state index in [0.29, 0.717) is 36.2 Å². The van der Waals surface area contributed by atoms with Crippen LogP contribution in [0.25, 0.3) is 11.4 Å². The molecule has 0 fully saturated rings. The summed E-state index contributed by atoms with van der Waals surface area (Å²) in [5.41, 5.74) is 3.15. The smallest absolute Gasteiger partial charge is 0.270 e. The van der Waals surface area contributed by atoms with Gasteiger partial charge in [0.25, 0.3) is 5.69 Å². The van der Waals surface area contributed by atoms with Crippen LogP contribution in [0.3, 0.4) is 0 Å². The molecule has 0 spiro atoms. The molecule has 2 aromatic rings. The molecule has 108 valence electrons. The van der Waals surface area contributed by atoms with Crippen LogP contribution in [0.4, 0.5) is 5.69 Å². The van der Waals surface area contributed by atoms with Crippen molar-refractivity contribution in [3.8, 4) is 11.4 Å². The Labute approximate surface area is 125 Å². The van der Waals surface area contributed by atoms with E-state index in [1.807, 2.05) is 6.92 Å². The molecule has 1 aromatic heterocycles. The molecule has 0 N–H and O–H groups in total. The fourth-order valence-electron chi connectivity index (χ4n) is 2.28. The molecule has 0 radical (unpaired) electrons. The Morgan fingerprint density at radius 1 is 1.38 bits per heavy atom. The third-order valence-corrected chi connectivity index (χ3v) is 3.76. The predicted molar refractivity (Wildman–Crippen MR) is 77.2 cm³/mol. The van der Waals surface area contributed by atoms with Crippen LogP contribution in [-0.2, 0) is 17.8 Å². The zero-order valence-electron chi connectivity index (χ0n) is 11.3. The minimum Gasteiger partial charge on any atom is -0.376 e. The normalized spacial score (nSPS) is 13.8. The summed E-state index contributed by atoms with van der Waals surface area (Å²) >= 11 is 6.19. The number of non-ortho nitro benzene ring substituents is 1. The number of benzene rings is 1. The number of nitro groups is 1. The lowest BCUT2D eigenvalue weighted by molar-refractivity contribution is -0.384. The number of ether oxygens (including phenoxy) is 1. The highest BCUT2D eigenvalue weighted by Crippen LogP contribution is 2.29. The van der Waals surface area contributed by atoms with Crippen LogP contribution in [0.2, 0.25) is 5.15 Å². The average Bonchev–Trinajstić information content (AvgIpc) is 2.47. The minimum absolute atomic E-state index is 0.0105. The molecule has 0 saturated carbocycles. The average molecular weight is 306 g/mol. The van der Waals surface area contributed by atoms with Gasteiger partial charge in [-0.15, -0.1) is 0 Å². The molecule has 0 bridgehead atoms. The van der Waals surface area contributed by atoms with Crippen LogP contribution in [0, 0.1) is 17.0 Å². The molecule has 1 aliphatic rings. The van der Waals surface area contributed by atoms with Gasteiger partial charge in [-0.1, -0.05) is 17.7 Å². The Balaban J connectivity index is 2.14. The third-order valence-electron chi connectivity index (χ3n) is 3.44. The molecule has 1 aliphatic heterocycles. The van der Waals surface area contributed by atoms with E-state index in [2.05, 4.69) is 9.97 Å². The zero-order chi connectivity index (χ0) is 15.0. The Morgan fingerprint density at radius 3 is 2.95 bits per heavy atom. The molecule has 2 heterocycles. The van der Waals surface area contributed by atoms with Crippen LogP contribution in [0.15, 0.2) is 18.2 Å². The number of hydrogen-bond donors (Lipinski definition) is 0. The maximum Gasteiger partial charge on any atom is 0.270 e.